The molecule has 0 unspecified atom stereocenters. The summed E-state index contributed by atoms with van der Waals surface area (Å²) in [5, 5.41) is 13.9. The number of likely N-dealkylation sites (tertiary alicyclic amines) is 1. The first-order valence-electron chi connectivity index (χ1n) is 10.6. The molecule has 1 atom stereocenters. The van der Waals surface area contributed by atoms with E-state index in [1.54, 1.807) is 6.20 Å². The highest BCUT2D eigenvalue weighted by molar-refractivity contribution is 5.73. The molecular weight excluding hydrogens is 399 g/mol. The fourth-order valence-corrected chi connectivity index (χ4v) is 4.46. The van der Waals surface area contributed by atoms with Crippen LogP contribution in [0.1, 0.15) is 56.1 Å². The fourth-order valence-electron chi connectivity index (χ4n) is 4.46. The van der Waals surface area contributed by atoms with Gasteiger partial charge in [-0.05, 0) is 31.9 Å². The Bertz CT molecular complexity index is 1220. The summed E-state index contributed by atoms with van der Waals surface area (Å²) in [4.78, 5) is 22.4. The number of nitrogens with zero attached hydrogens (tertiary/aromatic N) is 5. The maximum Gasteiger partial charge on any atom is 0.262 e. The fraction of sp³-hybridized carbons (Fsp3) is 0.455. The van der Waals surface area contributed by atoms with Crippen molar-refractivity contribution in [3.05, 3.63) is 52.0 Å². The van der Waals surface area contributed by atoms with Gasteiger partial charge in [-0.3, -0.25) is 9.69 Å². The van der Waals surface area contributed by atoms with E-state index in [4.69, 9.17) is 15.0 Å². The number of nitrogens with one attached hydrogen (secondary N) is 1. The highest BCUT2D eigenvalue weighted by Crippen LogP contribution is 2.31. The Balaban J connectivity index is 1.30. The van der Waals surface area contributed by atoms with Crippen molar-refractivity contribution < 1.29 is 9.13 Å². The molecule has 3 aromatic rings. The molecule has 1 saturated carbocycles. The van der Waals surface area contributed by atoms with Crippen molar-refractivity contribution in [2.45, 2.75) is 50.8 Å². The van der Waals surface area contributed by atoms with Gasteiger partial charge in [0.2, 0.25) is 0 Å². The van der Waals surface area contributed by atoms with Crippen LogP contribution in [0, 0.1) is 17.1 Å². The average molecular weight is 422 g/mol. The van der Waals surface area contributed by atoms with Crippen LogP contribution in [-0.2, 0) is 0 Å². The summed E-state index contributed by atoms with van der Waals surface area (Å²) in [7, 11) is 0. The summed E-state index contributed by atoms with van der Waals surface area (Å²) in [5.74, 6) is 0.536. The number of rotatable bonds is 5. The van der Waals surface area contributed by atoms with Crippen molar-refractivity contribution in [2.24, 2.45) is 0 Å². The molecule has 9 heteroatoms. The first-order valence-corrected chi connectivity index (χ1v) is 10.6. The zero-order valence-electron chi connectivity index (χ0n) is 17.2. The van der Waals surface area contributed by atoms with Crippen molar-refractivity contribution in [1.29, 1.82) is 5.26 Å². The predicted octanol–water partition coefficient (Wildman–Crippen LogP) is 3.07. The van der Waals surface area contributed by atoms with Crippen LogP contribution in [0.2, 0.25) is 0 Å². The normalized spacial score (nSPS) is 18.7. The van der Waals surface area contributed by atoms with Gasteiger partial charge in [0, 0.05) is 19.2 Å². The highest BCUT2D eigenvalue weighted by atomic mass is 19.1. The van der Waals surface area contributed by atoms with E-state index in [9.17, 15) is 9.18 Å². The molecule has 0 bridgehead atoms. The van der Waals surface area contributed by atoms with E-state index in [2.05, 4.69) is 15.0 Å². The zero-order chi connectivity index (χ0) is 21.5. The standard InChI is InChI=1S/C22H23FN6O2/c1-13(28-11-17(12-28)31-16-6-7-19(23)14(8-16)9-24)20-26-21-18(22(30)27-20)10-25-29(21)15-4-2-3-5-15/h6-8,10,13,15,17H,2-5,11-12H2,1H3,(H,26,27,30)/t13-/m1/s1. The van der Waals surface area contributed by atoms with Gasteiger partial charge in [-0.1, -0.05) is 12.8 Å². The van der Waals surface area contributed by atoms with Crippen LogP contribution >= 0.6 is 0 Å². The van der Waals surface area contributed by atoms with Gasteiger partial charge in [-0.15, -0.1) is 0 Å². The van der Waals surface area contributed by atoms with Gasteiger partial charge in [0.1, 0.15) is 35.0 Å². The molecule has 1 saturated heterocycles. The molecular formula is C22H23FN6O2. The molecule has 160 valence electrons. The number of ether oxygens (including phenoxy) is 1. The Morgan fingerprint density at radius 2 is 2.10 bits per heavy atom. The summed E-state index contributed by atoms with van der Waals surface area (Å²) in [5.41, 5.74) is 0.455. The Labute approximate surface area is 178 Å². The third kappa shape index (κ3) is 3.57. The number of fused-ring (bicyclic) bond motifs is 1. The van der Waals surface area contributed by atoms with E-state index in [-0.39, 0.29) is 23.3 Å². The molecule has 1 N–H and O–H groups in total. The van der Waals surface area contributed by atoms with Gasteiger partial charge < -0.3 is 9.72 Å². The van der Waals surface area contributed by atoms with Gasteiger partial charge in [0.25, 0.3) is 5.56 Å². The lowest BCUT2D eigenvalue weighted by molar-refractivity contribution is -0.00739. The summed E-state index contributed by atoms with van der Waals surface area (Å²) >= 11 is 0. The minimum absolute atomic E-state index is 0.0315. The van der Waals surface area contributed by atoms with Crippen molar-refractivity contribution in [1.82, 2.24) is 24.6 Å². The summed E-state index contributed by atoms with van der Waals surface area (Å²) < 4.78 is 21.3. The summed E-state index contributed by atoms with van der Waals surface area (Å²) in [6.45, 7) is 3.29. The van der Waals surface area contributed by atoms with Crippen LogP contribution in [-0.4, -0.2) is 43.8 Å². The number of aromatic amines is 1. The van der Waals surface area contributed by atoms with Crippen LogP contribution in [0.4, 0.5) is 4.39 Å². The Morgan fingerprint density at radius 1 is 1.32 bits per heavy atom. The Morgan fingerprint density at radius 3 is 2.84 bits per heavy atom. The number of aromatic nitrogens is 4. The average Bonchev–Trinajstić information content (AvgIpc) is 3.40. The molecule has 31 heavy (non-hydrogen) atoms. The molecule has 5 rings (SSSR count). The monoisotopic (exact) mass is 422 g/mol. The molecule has 3 heterocycles. The molecule has 8 nitrogen and oxygen atoms in total. The number of nitriles is 1. The van der Waals surface area contributed by atoms with Crippen molar-refractivity contribution in [3.8, 4) is 11.8 Å². The molecule has 0 amide bonds. The Hall–Kier alpha value is -3.25. The second-order valence-electron chi connectivity index (χ2n) is 8.34. The smallest absolute Gasteiger partial charge is 0.262 e. The van der Waals surface area contributed by atoms with Crippen molar-refractivity contribution in [3.63, 3.8) is 0 Å². The van der Waals surface area contributed by atoms with Gasteiger partial charge >= 0.3 is 0 Å². The second-order valence-corrected chi connectivity index (χ2v) is 8.34. The van der Waals surface area contributed by atoms with Gasteiger partial charge in [-0.25, -0.2) is 14.1 Å². The van der Waals surface area contributed by atoms with Crippen LogP contribution in [0.25, 0.3) is 11.0 Å². The van der Waals surface area contributed by atoms with Crippen molar-refractivity contribution >= 4 is 11.0 Å². The SMILES string of the molecule is C[C@H](c1nc2c(cnn2C2CCCC2)c(=O)[nH]1)N1CC(Oc2ccc(F)c(C#N)c2)C1. The van der Waals surface area contributed by atoms with E-state index in [1.807, 2.05) is 17.7 Å². The lowest BCUT2D eigenvalue weighted by Crippen LogP contribution is -2.54. The number of halogens is 1. The summed E-state index contributed by atoms with van der Waals surface area (Å²) in [6.07, 6.45) is 6.03. The van der Waals surface area contributed by atoms with Crippen molar-refractivity contribution in [2.75, 3.05) is 13.1 Å². The number of hydrogen-bond acceptors (Lipinski definition) is 6. The maximum absolute atomic E-state index is 13.5. The molecule has 2 aliphatic rings. The molecule has 2 aromatic heterocycles. The molecule has 1 aromatic carbocycles. The lowest BCUT2D eigenvalue weighted by Gasteiger charge is -2.42. The quantitative estimate of drug-likeness (QED) is 0.678. The number of benzene rings is 1. The van der Waals surface area contributed by atoms with Crippen LogP contribution in [0.5, 0.6) is 5.75 Å². The topological polar surface area (TPSA) is 99.8 Å². The first kappa shape index (κ1) is 19.7. The summed E-state index contributed by atoms with van der Waals surface area (Å²) in [6, 6.07) is 6.22. The zero-order valence-corrected chi connectivity index (χ0v) is 17.2. The van der Waals surface area contributed by atoms with Gasteiger partial charge in [0.05, 0.1) is 23.8 Å². The third-order valence-corrected chi connectivity index (χ3v) is 6.33. The molecule has 1 aliphatic heterocycles. The Kier molecular flexibility index (Phi) is 4.94. The van der Waals surface area contributed by atoms with Crippen LogP contribution in [0.15, 0.2) is 29.2 Å². The van der Waals surface area contributed by atoms with E-state index in [0.717, 1.165) is 12.8 Å². The maximum atomic E-state index is 13.5. The largest absolute Gasteiger partial charge is 0.488 e. The number of H-pyrrole nitrogens is 1. The molecule has 0 spiro atoms. The lowest BCUT2D eigenvalue weighted by atomic mass is 10.1. The van der Waals surface area contributed by atoms with Crippen LogP contribution in [0.3, 0.4) is 0 Å². The van der Waals surface area contributed by atoms with Gasteiger partial charge in [-0.2, -0.15) is 10.4 Å². The minimum Gasteiger partial charge on any atom is -0.488 e. The highest BCUT2D eigenvalue weighted by Gasteiger charge is 2.34. The molecule has 2 fully saturated rings. The first-order chi connectivity index (χ1) is 15.0. The molecule has 1 aliphatic carbocycles. The minimum atomic E-state index is -0.555. The molecule has 0 radical (unpaired) electrons. The third-order valence-electron chi connectivity index (χ3n) is 6.33. The van der Waals surface area contributed by atoms with E-state index in [1.165, 1.54) is 31.0 Å². The van der Waals surface area contributed by atoms with E-state index >= 15 is 0 Å². The van der Waals surface area contributed by atoms with Crippen LogP contribution < -0.4 is 10.3 Å². The van der Waals surface area contributed by atoms with E-state index < -0.39 is 5.82 Å². The van der Waals surface area contributed by atoms with E-state index in [0.29, 0.717) is 41.7 Å². The van der Waals surface area contributed by atoms with Gasteiger partial charge in [0.15, 0.2) is 5.65 Å². The predicted molar refractivity (Wildman–Crippen MR) is 111 cm³/mol. The number of hydrogen-bond donors (Lipinski definition) is 1. The second kappa shape index (κ2) is 7.78.